The first-order chi connectivity index (χ1) is 10.6. The van der Waals surface area contributed by atoms with Crippen molar-refractivity contribution >= 4 is 16.9 Å². The minimum atomic E-state index is -0.437. The van der Waals surface area contributed by atoms with Gasteiger partial charge in [0, 0.05) is 7.05 Å². The van der Waals surface area contributed by atoms with Gasteiger partial charge in [0.1, 0.15) is 6.61 Å². The summed E-state index contributed by atoms with van der Waals surface area (Å²) in [6.07, 6.45) is 1.43. The normalized spacial score (nSPS) is 10.6. The van der Waals surface area contributed by atoms with E-state index in [1.807, 2.05) is 30.3 Å². The molecule has 0 saturated carbocycles. The summed E-state index contributed by atoms with van der Waals surface area (Å²) in [4.78, 5) is 28.2. The first-order valence-electron chi connectivity index (χ1n) is 6.81. The van der Waals surface area contributed by atoms with E-state index < -0.39 is 5.97 Å². The third-order valence-corrected chi connectivity index (χ3v) is 3.37. The number of carbonyl (C=O) groups excluding carboxylic acids is 1. The van der Waals surface area contributed by atoms with Gasteiger partial charge in [-0.25, -0.2) is 9.78 Å². The maximum absolute atomic E-state index is 12.1. The Kier molecular flexibility index (Phi) is 3.70. The molecule has 110 valence electrons. The number of aryl methyl sites for hydroxylation is 1. The summed E-state index contributed by atoms with van der Waals surface area (Å²) in [5.74, 6) is -0.437. The average molecular weight is 294 g/mol. The molecule has 0 aliphatic heterocycles. The molecule has 0 aliphatic rings. The fraction of sp³-hybridized carbons (Fsp3) is 0.118. The van der Waals surface area contributed by atoms with E-state index in [1.54, 1.807) is 25.2 Å². The van der Waals surface area contributed by atoms with Gasteiger partial charge in [0.15, 0.2) is 0 Å². The van der Waals surface area contributed by atoms with E-state index in [9.17, 15) is 9.59 Å². The number of rotatable bonds is 3. The van der Waals surface area contributed by atoms with Gasteiger partial charge in [0.25, 0.3) is 5.56 Å². The van der Waals surface area contributed by atoms with Crippen molar-refractivity contribution in [3.63, 3.8) is 0 Å². The van der Waals surface area contributed by atoms with Crippen molar-refractivity contribution in [1.82, 2.24) is 9.55 Å². The van der Waals surface area contributed by atoms with Crippen molar-refractivity contribution in [2.75, 3.05) is 0 Å². The van der Waals surface area contributed by atoms with Gasteiger partial charge < -0.3 is 9.30 Å². The molecule has 0 amide bonds. The Morgan fingerprint density at radius 1 is 1.18 bits per heavy atom. The van der Waals surface area contributed by atoms with E-state index in [2.05, 4.69) is 4.98 Å². The Hall–Kier alpha value is -2.95. The average Bonchev–Trinajstić information content (AvgIpc) is 2.56. The van der Waals surface area contributed by atoms with Crippen LogP contribution in [0.25, 0.3) is 10.9 Å². The molecular formula is C17H14N2O3. The fourth-order valence-corrected chi connectivity index (χ4v) is 2.14. The summed E-state index contributed by atoms with van der Waals surface area (Å²) in [6, 6.07) is 14.2. The molecular weight excluding hydrogens is 280 g/mol. The Morgan fingerprint density at radius 3 is 2.73 bits per heavy atom. The van der Waals surface area contributed by atoms with Crippen molar-refractivity contribution in [2.24, 2.45) is 7.05 Å². The molecule has 0 spiro atoms. The molecule has 0 radical (unpaired) electrons. The quantitative estimate of drug-likeness (QED) is 0.695. The van der Waals surface area contributed by atoms with Crippen LogP contribution in [0.2, 0.25) is 0 Å². The van der Waals surface area contributed by atoms with Crippen molar-refractivity contribution in [2.45, 2.75) is 6.61 Å². The van der Waals surface area contributed by atoms with E-state index in [-0.39, 0.29) is 12.2 Å². The van der Waals surface area contributed by atoms with Crippen LogP contribution in [0.1, 0.15) is 15.9 Å². The van der Waals surface area contributed by atoms with Crippen LogP contribution >= 0.6 is 0 Å². The monoisotopic (exact) mass is 294 g/mol. The number of esters is 1. The van der Waals surface area contributed by atoms with Crippen LogP contribution in [-0.4, -0.2) is 15.5 Å². The molecule has 0 unspecified atom stereocenters. The summed E-state index contributed by atoms with van der Waals surface area (Å²) < 4.78 is 6.67. The summed E-state index contributed by atoms with van der Waals surface area (Å²) in [5.41, 5.74) is 1.64. The summed E-state index contributed by atoms with van der Waals surface area (Å²) >= 11 is 0. The van der Waals surface area contributed by atoms with Gasteiger partial charge in [-0.1, -0.05) is 30.3 Å². The standard InChI is InChI=1S/C17H14N2O3/c1-19-11-18-15-9-13(7-8-14(15)16(19)20)17(21)22-10-12-5-3-2-4-6-12/h2-9,11H,10H2,1H3. The highest BCUT2D eigenvalue weighted by atomic mass is 16.5. The minimum absolute atomic E-state index is 0.144. The fourth-order valence-electron chi connectivity index (χ4n) is 2.14. The van der Waals surface area contributed by atoms with Crippen LogP contribution in [0, 0.1) is 0 Å². The minimum Gasteiger partial charge on any atom is -0.457 e. The SMILES string of the molecule is Cn1cnc2cc(C(=O)OCc3ccccc3)ccc2c1=O. The molecule has 1 aromatic heterocycles. The molecule has 2 aromatic carbocycles. The lowest BCUT2D eigenvalue weighted by molar-refractivity contribution is 0.0473. The van der Waals surface area contributed by atoms with Crippen molar-refractivity contribution in [3.8, 4) is 0 Å². The molecule has 0 N–H and O–H groups in total. The second kappa shape index (κ2) is 5.81. The smallest absolute Gasteiger partial charge is 0.338 e. The second-order valence-electron chi connectivity index (χ2n) is 4.95. The number of hydrogen-bond acceptors (Lipinski definition) is 4. The van der Waals surface area contributed by atoms with E-state index in [0.717, 1.165) is 5.56 Å². The Morgan fingerprint density at radius 2 is 1.95 bits per heavy atom. The van der Waals surface area contributed by atoms with Crippen molar-refractivity contribution in [1.29, 1.82) is 0 Å². The Labute approximate surface area is 126 Å². The molecule has 0 atom stereocenters. The lowest BCUT2D eigenvalue weighted by atomic mass is 10.1. The number of aromatic nitrogens is 2. The van der Waals surface area contributed by atoms with Gasteiger partial charge in [0.05, 0.1) is 22.8 Å². The molecule has 5 nitrogen and oxygen atoms in total. The van der Waals surface area contributed by atoms with Gasteiger partial charge in [0.2, 0.25) is 0 Å². The Balaban J connectivity index is 1.82. The summed E-state index contributed by atoms with van der Waals surface area (Å²) in [5, 5.41) is 0.476. The Bertz CT molecular complexity index is 885. The van der Waals surface area contributed by atoms with Crippen LogP contribution < -0.4 is 5.56 Å². The van der Waals surface area contributed by atoms with Gasteiger partial charge in [-0.3, -0.25) is 4.79 Å². The predicted molar refractivity (Wildman–Crippen MR) is 82.5 cm³/mol. The molecule has 0 fully saturated rings. The maximum Gasteiger partial charge on any atom is 0.338 e. The zero-order valence-electron chi connectivity index (χ0n) is 12.0. The van der Waals surface area contributed by atoms with Crippen molar-refractivity contribution < 1.29 is 9.53 Å². The third-order valence-electron chi connectivity index (χ3n) is 3.37. The van der Waals surface area contributed by atoms with Crippen LogP contribution in [0.3, 0.4) is 0 Å². The van der Waals surface area contributed by atoms with E-state index >= 15 is 0 Å². The first-order valence-corrected chi connectivity index (χ1v) is 6.81. The maximum atomic E-state index is 12.1. The largest absolute Gasteiger partial charge is 0.457 e. The van der Waals surface area contributed by atoms with Gasteiger partial charge in [-0.05, 0) is 23.8 Å². The van der Waals surface area contributed by atoms with E-state index in [0.29, 0.717) is 16.5 Å². The number of hydrogen-bond donors (Lipinski definition) is 0. The van der Waals surface area contributed by atoms with Gasteiger partial charge in [-0.2, -0.15) is 0 Å². The summed E-state index contributed by atoms with van der Waals surface area (Å²) in [6.45, 7) is 0.210. The molecule has 3 aromatic rings. The molecule has 5 heteroatoms. The zero-order valence-corrected chi connectivity index (χ0v) is 12.0. The predicted octanol–water partition coefficient (Wildman–Crippen LogP) is 2.29. The van der Waals surface area contributed by atoms with Crippen LogP contribution in [0.4, 0.5) is 0 Å². The molecule has 0 bridgehead atoms. The highest BCUT2D eigenvalue weighted by Gasteiger charge is 2.10. The molecule has 3 rings (SSSR count). The van der Waals surface area contributed by atoms with Gasteiger partial charge in [-0.15, -0.1) is 0 Å². The highest BCUT2D eigenvalue weighted by Crippen LogP contribution is 2.12. The number of ether oxygens (including phenoxy) is 1. The third kappa shape index (κ3) is 2.74. The first kappa shape index (κ1) is 14.0. The van der Waals surface area contributed by atoms with Crippen LogP contribution in [-0.2, 0) is 18.4 Å². The molecule has 0 saturated heterocycles. The number of nitrogens with zero attached hydrogens (tertiary/aromatic N) is 2. The van der Waals surface area contributed by atoms with E-state index in [1.165, 1.54) is 10.9 Å². The molecule has 22 heavy (non-hydrogen) atoms. The second-order valence-corrected chi connectivity index (χ2v) is 4.95. The topological polar surface area (TPSA) is 61.2 Å². The van der Waals surface area contributed by atoms with Gasteiger partial charge >= 0.3 is 5.97 Å². The van der Waals surface area contributed by atoms with Crippen LogP contribution in [0.5, 0.6) is 0 Å². The lowest BCUT2D eigenvalue weighted by Gasteiger charge is -2.06. The lowest BCUT2D eigenvalue weighted by Crippen LogP contribution is -2.17. The molecule has 1 heterocycles. The van der Waals surface area contributed by atoms with Crippen molar-refractivity contribution in [3.05, 3.63) is 76.3 Å². The number of benzene rings is 2. The summed E-state index contributed by atoms with van der Waals surface area (Å²) in [7, 11) is 1.64. The highest BCUT2D eigenvalue weighted by molar-refractivity contribution is 5.94. The number of carbonyl (C=O) groups is 1. The van der Waals surface area contributed by atoms with E-state index in [4.69, 9.17) is 4.74 Å². The molecule has 0 aliphatic carbocycles. The van der Waals surface area contributed by atoms with Crippen LogP contribution in [0.15, 0.2) is 59.7 Å². The zero-order chi connectivity index (χ0) is 15.5. The number of fused-ring (bicyclic) bond motifs is 1.